The van der Waals surface area contributed by atoms with E-state index in [1.165, 1.54) is 24.8 Å². The summed E-state index contributed by atoms with van der Waals surface area (Å²) in [4.78, 5) is 12.5. The van der Waals surface area contributed by atoms with Gasteiger partial charge in [-0.25, -0.2) is 0 Å². The van der Waals surface area contributed by atoms with E-state index >= 15 is 0 Å². The monoisotopic (exact) mass is 332 g/mol. The van der Waals surface area contributed by atoms with Gasteiger partial charge in [-0.1, -0.05) is 84.2 Å². The molecule has 0 N–H and O–H groups in total. The second kappa shape index (κ2) is 11.3. The lowest BCUT2D eigenvalue weighted by atomic mass is 9.89. The minimum Gasteiger partial charge on any atom is -0.465 e. The van der Waals surface area contributed by atoms with E-state index in [4.69, 9.17) is 4.74 Å². The molecule has 0 bridgehead atoms. The van der Waals surface area contributed by atoms with Crippen molar-refractivity contribution < 1.29 is 9.53 Å². The molecule has 1 rings (SSSR count). The quantitative estimate of drug-likeness (QED) is 0.472. The van der Waals surface area contributed by atoms with Crippen molar-refractivity contribution in [2.45, 2.75) is 66.7 Å². The van der Waals surface area contributed by atoms with Gasteiger partial charge in [0.2, 0.25) is 0 Å². The van der Waals surface area contributed by atoms with Crippen LogP contribution in [0.1, 0.15) is 65.9 Å². The van der Waals surface area contributed by atoms with E-state index in [1.54, 1.807) is 0 Å². The fourth-order valence-electron chi connectivity index (χ4n) is 2.95. The predicted octanol–water partition coefficient (Wildman–Crippen LogP) is 5.90. The fourth-order valence-corrected chi connectivity index (χ4v) is 2.95. The van der Waals surface area contributed by atoms with Crippen molar-refractivity contribution in [3.8, 4) is 0 Å². The highest BCUT2D eigenvalue weighted by Gasteiger charge is 2.24. The molecule has 0 saturated carbocycles. The first-order chi connectivity index (χ1) is 11.4. The smallest absolute Gasteiger partial charge is 0.309 e. The summed E-state index contributed by atoms with van der Waals surface area (Å²) in [7, 11) is 0. The number of esters is 1. The van der Waals surface area contributed by atoms with E-state index in [0.29, 0.717) is 18.4 Å². The van der Waals surface area contributed by atoms with Gasteiger partial charge in [0.15, 0.2) is 0 Å². The summed E-state index contributed by atoms with van der Waals surface area (Å²) < 4.78 is 5.60. The Bertz CT molecular complexity index is 450. The van der Waals surface area contributed by atoms with Crippen LogP contribution in [0.5, 0.6) is 0 Å². The number of rotatable bonds is 11. The van der Waals surface area contributed by atoms with Gasteiger partial charge < -0.3 is 4.74 Å². The lowest BCUT2D eigenvalue weighted by Crippen LogP contribution is -2.25. The molecule has 0 aliphatic heterocycles. The predicted molar refractivity (Wildman–Crippen MR) is 102 cm³/mol. The molecule has 136 valence electrons. The van der Waals surface area contributed by atoms with Gasteiger partial charge in [-0.15, -0.1) is 0 Å². The molecular formula is C22H36O2. The van der Waals surface area contributed by atoms with Gasteiger partial charge in [0, 0.05) is 0 Å². The molecule has 0 aromatic heterocycles. The van der Waals surface area contributed by atoms with E-state index in [-0.39, 0.29) is 11.9 Å². The van der Waals surface area contributed by atoms with Crippen LogP contribution in [0, 0.1) is 23.7 Å². The summed E-state index contributed by atoms with van der Waals surface area (Å²) in [5.74, 6) is 1.61. The third kappa shape index (κ3) is 8.52. The SMILES string of the molecule is CC(C)CCCC(C)CCOC(=O)C(Cc1ccccc1)C(C)C. The summed E-state index contributed by atoms with van der Waals surface area (Å²) in [5, 5.41) is 0. The maximum Gasteiger partial charge on any atom is 0.309 e. The molecule has 0 fully saturated rings. The zero-order valence-electron chi connectivity index (χ0n) is 16.3. The van der Waals surface area contributed by atoms with Crippen molar-refractivity contribution in [2.24, 2.45) is 23.7 Å². The van der Waals surface area contributed by atoms with Crippen LogP contribution in [0.2, 0.25) is 0 Å². The average molecular weight is 333 g/mol. The number of hydrogen-bond acceptors (Lipinski definition) is 2. The minimum absolute atomic E-state index is 0.0387. The largest absolute Gasteiger partial charge is 0.465 e. The molecule has 2 nitrogen and oxygen atoms in total. The van der Waals surface area contributed by atoms with Crippen molar-refractivity contribution in [3.05, 3.63) is 35.9 Å². The van der Waals surface area contributed by atoms with Crippen molar-refractivity contribution in [1.29, 1.82) is 0 Å². The molecule has 0 heterocycles. The van der Waals surface area contributed by atoms with Gasteiger partial charge in [0.05, 0.1) is 12.5 Å². The molecule has 2 unspecified atom stereocenters. The highest BCUT2D eigenvalue weighted by molar-refractivity contribution is 5.73. The summed E-state index contributed by atoms with van der Waals surface area (Å²) >= 11 is 0. The molecule has 0 aliphatic rings. The third-order valence-electron chi connectivity index (χ3n) is 4.74. The zero-order chi connectivity index (χ0) is 17.9. The molecule has 0 saturated heterocycles. The summed E-state index contributed by atoms with van der Waals surface area (Å²) in [6, 6.07) is 10.2. The summed E-state index contributed by atoms with van der Waals surface area (Å²) in [5.41, 5.74) is 1.20. The number of carbonyl (C=O) groups is 1. The van der Waals surface area contributed by atoms with E-state index in [2.05, 4.69) is 46.8 Å². The molecule has 2 atom stereocenters. The van der Waals surface area contributed by atoms with Crippen molar-refractivity contribution >= 4 is 5.97 Å². The van der Waals surface area contributed by atoms with Crippen molar-refractivity contribution in [3.63, 3.8) is 0 Å². The van der Waals surface area contributed by atoms with Crippen LogP contribution in [-0.2, 0) is 16.0 Å². The Labute approximate surface area is 149 Å². The molecule has 0 aliphatic carbocycles. The van der Waals surface area contributed by atoms with Crippen LogP contribution < -0.4 is 0 Å². The normalized spacial score (nSPS) is 14.0. The first-order valence-electron chi connectivity index (χ1n) is 9.60. The minimum atomic E-state index is -0.0522. The van der Waals surface area contributed by atoms with E-state index < -0.39 is 0 Å². The average Bonchev–Trinajstić information content (AvgIpc) is 2.52. The zero-order valence-corrected chi connectivity index (χ0v) is 16.3. The highest BCUT2D eigenvalue weighted by atomic mass is 16.5. The van der Waals surface area contributed by atoms with Crippen LogP contribution in [-0.4, -0.2) is 12.6 Å². The summed E-state index contributed by atoms with van der Waals surface area (Å²) in [6.07, 6.45) is 5.53. The van der Waals surface area contributed by atoms with Crippen molar-refractivity contribution in [2.75, 3.05) is 6.61 Å². The van der Waals surface area contributed by atoms with Gasteiger partial charge in [-0.05, 0) is 36.2 Å². The fraction of sp³-hybridized carbons (Fsp3) is 0.682. The van der Waals surface area contributed by atoms with Gasteiger partial charge in [0.25, 0.3) is 0 Å². The van der Waals surface area contributed by atoms with Crippen LogP contribution in [0.3, 0.4) is 0 Å². The molecule has 1 aromatic rings. The number of ether oxygens (including phenoxy) is 1. The van der Waals surface area contributed by atoms with Crippen LogP contribution >= 0.6 is 0 Å². The maximum absolute atomic E-state index is 12.5. The Morgan fingerprint density at radius 1 is 0.958 bits per heavy atom. The van der Waals surface area contributed by atoms with E-state index in [9.17, 15) is 4.79 Å². The third-order valence-corrected chi connectivity index (χ3v) is 4.74. The Kier molecular flexibility index (Phi) is 9.75. The highest BCUT2D eigenvalue weighted by Crippen LogP contribution is 2.20. The lowest BCUT2D eigenvalue weighted by molar-refractivity contribution is -0.150. The molecule has 0 amide bonds. The van der Waals surface area contributed by atoms with E-state index in [0.717, 1.165) is 18.8 Å². The maximum atomic E-state index is 12.5. The Balaban J connectivity index is 2.35. The lowest BCUT2D eigenvalue weighted by Gasteiger charge is -2.20. The second-order valence-corrected chi connectivity index (χ2v) is 7.93. The topological polar surface area (TPSA) is 26.3 Å². The number of carbonyl (C=O) groups excluding carboxylic acids is 1. The van der Waals surface area contributed by atoms with Crippen molar-refractivity contribution in [1.82, 2.24) is 0 Å². The molecular weight excluding hydrogens is 296 g/mol. The molecule has 1 aromatic carbocycles. The van der Waals surface area contributed by atoms with Gasteiger partial charge >= 0.3 is 5.97 Å². The number of hydrogen-bond donors (Lipinski definition) is 0. The number of benzene rings is 1. The van der Waals surface area contributed by atoms with Crippen LogP contribution in [0.25, 0.3) is 0 Å². The molecule has 0 radical (unpaired) electrons. The first kappa shape index (κ1) is 20.7. The second-order valence-electron chi connectivity index (χ2n) is 7.93. The van der Waals surface area contributed by atoms with Gasteiger partial charge in [0.1, 0.15) is 0 Å². The Morgan fingerprint density at radius 2 is 1.62 bits per heavy atom. The Morgan fingerprint density at radius 3 is 2.21 bits per heavy atom. The summed E-state index contributed by atoms with van der Waals surface area (Å²) in [6.45, 7) is 11.6. The van der Waals surface area contributed by atoms with Gasteiger partial charge in [-0.2, -0.15) is 0 Å². The van der Waals surface area contributed by atoms with Crippen LogP contribution in [0.15, 0.2) is 30.3 Å². The van der Waals surface area contributed by atoms with Crippen LogP contribution in [0.4, 0.5) is 0 Å². The Hall–Kier alpha value is -1.31. The molecule has 2 heteroatoms. The first-order valence-corrected chi connectivity index (χ1v) is 9.60. The van der Waals surface area contributed by atoms with E-state index in [1.807, 2.05) is 18.2 Å². The molecule has 24 heavy (non-hydrogen) atoms. The molecule has 0 spiro atoms. The van der Waals surface area contributed by atoms with Gasteiger partial charge in [-0.3, -0.25) is 4.79 Å². The standard InChI is InChI=1S/C22H36O2/c1-17(2)10-9-11-19(5)14-15-24-22(23)21(18(3)4)16-20-12-7-6-8-13-20/h6-8,12-13,17-19,21H,9-11,14-16H2,1-5H3.